The van der Waals surface area contributed by atoms with Crippen LogP contribution in [0, 0.1) is 23.2 Å². The maximum absolute atomic E-state index is 8.82. The molecule has 1 aromatic carbocycles. The highest BCUT2D eigenvalue weighted by molar-refractivity contribution is 5.85. The summed E-state index contributed by atoms with van der Waals surface area (Å²) in [6.07, 6.45) is 4.07. The Morgan fingerprint density at radius 3 is 2.27 bits per heavy atom. The molecule has 2 heterocycles. The molecule has 2 aliphatic heterocycles. The summed E-state index contributed by atoms with van der Waals surface area (Å²) in [5.41, 5.74) is 2.08. The fraction of sp³-hybridized carbons (Fsp3) is 0.588. The number of rotatable bonds is 3. The van der Waals surface area contributed by atoms with E-state index >= 15 is 0 Å². The van der Waals surface area contributed by atoms with E-state index in [-0.39, 0.29) is 24.8 Å². The van der Waals surface area contributed by atoms with Gasteiger partial charge in [-0.15, -0.1) is 24.8 Å². The van der Waals surface area contributed by atoms with Crippen LogP contribution >= 0.6 is 24.8 Å². The SMILES string of the molecule is Cl.Cl.N#Cc1ccc(CN2CCC(C3CCNC3)CC2)cc1. The van der Waals surface area contributed by atoms with Crippen molar-refractivity contribution < 1.29 is 0 Å². The molecular weight excluding hydrogens is 317 g/mol. The Balaban J connectivity index is 0.00000121. The molecule has 0 aromatic heterocycles. The highest BCUT2D eigenvalue weighted by atomic mass is 35.5. The van der Waals surface area contributed by atoms with E-state index in [1.807, 2.05) is 12.1 Å². The smallest absolute Gasteiger partial charge is 0.0991 e. The van der Waals surface area contributed by atoms with E-state index in [0.29, 0.717) is 0 Å². The zero-order chi connectivity index (χ0) is 13.8. The van der Waals surface area contributed by atoms with Gasteiger partial charge < -0.3 is 5.32 Å². The third-order valence-electron chi connectivity index (χ3n) is 4.89. The molecule has 0 aliphatic carbocycles. The predicted octanol–water partition coefficient (Wildman–Crippen LogP) is 3.22. The van der Waals surface area contributed by atoms with Crippen LogP contribution in [0.3, 0.4) is 0 Å². The molecule has 2 aliphatic rings. The van der Waals surface area contributed by atoms with Gasteiger partial charge in [-0.1, -0.05) is 12.1 Å². The number of hydrogen-bond acceptors (Lipinski definition) is 3. The predicted molar refractivity (Wildman–Crippen MR) is 94.6 cm³/mol. The zero-order valence-corrected chi connectivity index (χ0v) is 14.5. The summed E-state index contributed by atoms with van der Waals surface area (Å²) in [7, 11) is 0. The van der Waals surface area contributed by atoms with Crippen LogP contribution in [0.15, 0.2) is 24.3 Å². The number of piperidine rings is 1. The Hall–Kier alpha value is -0.790. The molecule has 3 rings (SSSR count). The molecule has 5 heteroatoms. The summed E-state index contributed by atoms with van der Waals surface area (Å²) >= 11 is 0. The van der Waals surface area contributed by atoms with Crippen LogP contribution in [0.4, 0.5) is 0 Å². The second kappa shape index (κ2) is 9.37. The highest BCUT2D eigenvalue weighted by Crippen LogP contribution is 2.29. The molecule has 1 unspecified atom stereocenters. The summed E-state index contributed by atoms with van der Waals surface area (Å²) in [4.78, 5) is 2.56. The van der Waals surface area contributed by atoms with Crippen LogP contribution in [0.25, 0.3) is 0 Å². The van der Waals surface area contributed by atoms with Gasteiger partial charge >= 0.3 is 0 Å². The van der Waals surface area contributed by atoms with E-state index in [9.17, 15) is 0 Å². The summed E-state index contributed by atoms with van der Waals surface area (Å²) in [5.74, 6) is 1.86. The molecule has 1 atom stereocenters. The van der Waals surface area contributed by atoms with Crippen molar-refractivity contribution in [3.63, 3.8) is 0 Å². The molecule has 2 saturated heterocycles. The second-order valence-corrected chi connectivity index (χ2v) is 6.18. The standard InChI is InChI=1S/C17H23N3.2ClH/c18-11-14-1-3-15(4-2-14)13-20-9-6-16(7-10-20)17-5-8-19-12-17;;/h1-4,16-17,19H,5-10,12-13H2;2*1H. The number of nitrogens with one attached hydrogen (secondary N) is 1. The first-order valence-electron chi connectivity index (χ1n) is 7.77. The fourth-order valence-electron chi connectivity index (χ4n) is 3.60. The van der Waals surface area contributed by atoms with E-state index in [4.69, 9.17) is 5.26 Å². The molecule has 22 heavy (non-hydrogen) atoms. The minimum atomic E-state index is 0. The number of likely N-dealkylation sites (tertiary alicyclic amines) is 1. The Labute approximate surface area is 145 Å². The first-order chi connectivity index (χ1) is 9.85. The van der Waals surface area contributed by atoms with Gasteiger partial charge in [0, 0.05) is 6.54 Å². The molecule has 3 nitrogen and oxygen atoms in total. The largest absolute Gasteiger partial charge is 0.316 e. The van der Waals surface area contributed by atoms with Gasteiger partial charge in [0.1, 0.15) is 0 Å². The minimum Gasteiger partial charge on any atom is -0.316 e. The van der Waals surface area contributed by atoms with Crippen molar-refractivity contribution >= 4 is 24.8 Å². The van der Waals surface area contributed by atoms with Crippen LogP contribution < -0.4 is 5.32 Å². The van der Waals surface area contributed by atoms with Crippen molar-refractivity contribution in [3.8, 4) is 6.07 Å². The fourth-order valence-corrected chi connectivity index (χ4v) is 3.60. The van der Waals surface area contributed by atoms with Gasteiger partial charge in [0.15, 0.2) is 0 Å². The molecule has 0 radical (unpaired) electrons. The average Bonchev–Trinajstić information content (AvgIpc) is 3.03. The lowest BCUT2D eigenvalue weighted by atomic mass is 9.84. The first-order valence-corrected chi connectivity index (χ1v) is 7.77. The van der Waals surface area contributed by atoms with Crippen molar-refractivity contribution in [2.24, 2.45) is 11.8 Å². The Morgan fingerprint density at radius 2 is 1.73 bits per heavy atom. The van der Waals surface area contributed by atoms with Crippen LogP contribution in [-0.2, 0) is 6.54 Å². The molecule has 1 N–H and O–H groups in total. The van der Waals surface area contributed by atoms with Gasteiger partial charge in [0.2, 0.25) is 0 Å². The maximum Gasteiger partial charge on any atom is 0.0991 e. The summed E-state index contributed by atoms with van der Waals surface area (Å²) in [6.45, 7) is 5.93. The van der Waals surface area contributed by atoms with E-state index in [2.05, 4.69) is 28.4 Å². The summed E-state index contributed by atoms with van der Waals surface area (Å²) in [6, 6.07) is 10.2. The normalized spacial score (nSPS) is 22.4. The highest BCUT2D eigenvalue weighted by Gasteiger charge is 2.28. The number of nitriles is 1. The third-order valence-corrected chi connectivity index (χ3v) is 4.89. The topological polar surface area (TPSA) is 39.1 Å². The van der Waals surface area contributed by atoms with Crippen LogP contribution in [-0.4, -0.2) is 31.1 Å². The Morgan fingerprint density at radius 1 is 1.05 bits per heavy atom. The van der Waals surface area contributed by atoms with Crippen LogP contribution in [0.5, 0.6) is 0 Å². The summed E-state index contributed by atoms with van der Waals surface area (Å²) in [5, 5.41) is 12.3. The van der Waals surface area contributed by atoms with Gasteiger partial charge in [-0.2, -0.15) is 5.26 Å². The second-order valence-electron chi connectivity index (χ2n) is 6.18. The lowest BCUT2D eigenvalue weighted by Gasteiger charge is -2.34. The Kier molecular flexibility index (Phi) is 8.20. The average molecular weight is 342 g/mol. The van der Waals surface area contributed by atoms with Crippen molar-refractivity contribution in [1.29, 1.82) is 5.26 Å². The maximum atomic E-state index is 8.82. The molecule has 2 fully saturated rings. The van der Waals surface area contributed by atoms with E-state index in [1.165, 1.54) is 51.0 Å². The quantitative estimate of drug-likeness (QED) is 0.917. The van der Waals surface area contributed by atoms with Gasteiger partial charge in [0.05, 0.1) is 11.6 Å². The lowest BCUT2D eigenvalue weighted by molar-refractivity contribution is 0.146. The van der Waals surface area contributed by atoms with E-state index in [0.717, 1.165) is 23.9 Å². The molecule has 122 valence electrons. The van der Waals surface area contributed by atoms with Crippen molar-refractivity contribution in [2.45, 2.75) is 25.8 Å². The van der Waals surface area contributed by atoms with E-state index < -0.39 is 0 Å². The number of nitrogens with zero attached hydrogens (tertiary/aromatic N) is 2. The van der Waals surface area contributed by atoms with Gasteiger partial charge in [-0.25, -0.2) is 0 Å². The van der Waals surface area contributed by atoms with Gasteiger partial charge in [0.25, 0.3) is 0 Å². The van der Waals surface area contributed by atoms with Gasteiger partial charge in [-0.3, -0.25) is 4.90 Å². The molecular formula is C17H25Cl2N3. The van der Waals surface area contributed by atoms with Crippen LogP contribution in [0.2, 0.25) is 0 Å². The first kappa shape index (κ1) is 19.3. The van der Waals surface area contributed by atoms with Crippen molar-refractivity contribution in [3.05, 3.63) is 35.4 Å². The molecule has 0 saturated carbocycles. The number of hydrogen-bond donors (Lipinski definition) is 1. The van der Waals surface area contributed by atoms with Crippen molar-refractivity contribution in [2.75, 3.05) is 26.2 Å². The molecule has 0 amide bonds. The number of benzene rings is 1. The third kappa shape index (κ3) is 4.86. The lowest BCUT2D eigenvalue weighted by Crippen LogP contribution is -2.36. The van der Waals surface area contributed by atoms with E-state index in [1.54, 1.807) is 0 Å². The van der Waals surface area contributed by atoms with Crippen LogP contribution in [0.1, 0.15) is 30.4 Å². The van der Waals surface area contributed by atoms with Crippen molar-refractivity contribution in [1.82, 2.24) is 10.2 Å². The number of halogens is 2. The minimum absolute atomic E-state index is 0. The Bertz CT molecular complexity index is 470. The molecule has 1 aromatic rings. The zero-order valence-electron chi connectivity index (χ0n) is 12.8. The monoisotopic (exact) mass is 341 g/mol. The summed E-state index contributed by atoms with van der Waals surface area (Å²) < 4.78 is 0. The molecule has 0 spiro atoms. The molecule has 0 bridgehead atoms. The van der Waals surface area contributed by atoms with Gasteiger partial charge in [-0.05, 0) is 75.0 Å².